The van der Waals surface area contributed by atoms with E-state index in [0.29, 0.717) is 17.0 Å². The lowest BCUT2D eigenvalue weighted by atomic mass is 10.1. The van der Waals surface area contributed by atoms with E-state index in [-0.39, 0.29) is 4.90 Å². The number of methoxy groups -OCH3 is 1. The van der Waals surface area contributed by atoms with E-state index >= 15 is 0 Å². The second-order valence-corrected chi connectivity index (χ2v) is 4.67. The van der Waals surface area contributed by atoms with Gasteiger partial charge in [0.25, 0.3) is 10.0 Å². The standard InChI is InChI=1S/C9H10N2O3S/c1-6-7-4-3-5-8(14-2)9(7)15(12,13)11-10-6/h3-5,10-11H,1H2,2H3. The molecular formula is C9H10N2O3S. The van der Waals surface area contributed by atoms with E-state index in [1.165, 1.54) is 7.11 Å². The quantitative estimate of drug-likeness (QED) is 0.730. The van der Waals surface area contributed by atoms with Gasteiger partial charge >= 0.3 is 0 Å². The van der Waals surface area contributed by atoms with E-state index in [1.54, 1.807) is 18.2 Å². The van der Waals surface area contributed by atoms with E-state index < -0.39 is 10.0 Å². The van der Waals surface area contributed by atoms with Gasteiger partial charge in [0.15, 0.2) is 0 Å². The molecule has 0 aliphatic carbocycles. The minimum atomic E-state index is -3.56. The molecule has 0 amide bonds. The Hall–Kier alpha value is -1.53. The van der Waals surface area contributed by atoms with Gasteiger partial charge in [0, 0.05) is 5.56 Å². The van der Waals surface area contributed by atoms with Crippen LogP contribution in [-0.4, -0.2) is 15.5 Å². The van der Waals surface area contributed by atoms with Crippen LogP contribution in [0.25, 0.3) is 5.70 Å². The van der Waals surface area contributed by atoms with Crippen LogP contribution in [0.1, 0.15) is 5.56 Å². The molecule has 80 valence electrons. The molecule has 1 heterocycles. The maximum Gasteiger partial charge on any atom is 0.261 e. The van der Waals surface area contributed by atoms with Crippen LogP contribution in [0.5, 0.6) is 5.75 Å². The molecule has 5 nitrogen and oxygen atoms in total. The summed E-state index contributed by atoms with van der Waals surface area (Å²) in [4.78, 5) is 2.30. The topological polar surface area (TPSA) is 67.4 Å². The number of rotatable bonds is 1. The van der Waals surface area contributed by atoms with Crippen LogP contribution in [0, 0.1) is 0 Å². The van der Waals surface area contributed by atoms with Crippen molar-refractivity contribution in [1.82, 2.24) is 10.3 Å². The first kappa shape index (κ1) is 10.0. The van der Waals surface area contributed by atoms with E-state index in [2.05, 4.69) is 16.8 Å². The normalized spacial score (nSPS) is 17.8. The van der Waals surface area contributed by atoms with Gasteiger partial charge in [-0.2, -0.15) is 0 Å². The largest absolute Gasteiger partial charge is 0.495 e. The van der Waals surface area contributed by atoms with Crippen molar-refractivity contribution in [3.8, 4) is 5.75 Å². The van der Waals surface area contributed by atoms with Crippen LogP contribution in [0.3, 0.4) is 0 Å². The van der Waals surface area contributed by atoms with Gasteiger partial charge in [0.1, 0.15) is 10.6 Å². The highest BCUT2D eigenvalue weighted by Gasteiger charge is 2.28. The minimum absolute atomic E-state index is 0.122. The zero-order valence-corrected chi connectivity index (χ0v) is 8.89. The summed E-state index contributed by atoms with van der Waals surface area (Å²) in [6.45, 7) is 3.70. The zero-order chi connectivity index (χ0) is 11.1. The third kappa shape index (κ3) is 1.47. The summed E-state index contributed by atoms with van der Waals surface area (Å²) in [5.74, 6) is 0.308. The van der Waals surface area contributed by atoms with Crippen molar-refractivity contribution in [3.05, 3.63) is 30.3 Å². The number of sulfonamides is 1. The maximum atomic E-state index is 11.7. The number of nitrogens with one attached hydrogen (secondary N) is 2. The molecule has 0 unspecified atom stereocenters. The fourth-order valence-corrected chi connectivity index (χ4v) is 2.70. The molecule has 2 rings (SSSR count). The Balaban J connectivity index is 2.79. The first-order valence-electron chi connectivity index (χ1n) is 4.20. The predicted octanol–water partition coefficient (Wildman–Crippen LogP) is 0.462. The minimum Gasteiger partial charge on any atom is -0.495 e. The Morgan fingerprint density at radius 1 is 1.40 bits per heavy atom. The van der Waals surface area contributed by atoms with Crippen LogP contribution in [0.15, 0.2) is 29.7 Å². The molecule has 0 aromatic heterocycles. The monoisotopic (exact) mass is 226 g/mol. The van der Waals surface area contributed by atoms with Crippen LogP contribution in [0.2, 0.25) is 0 Å². The third-order valence-electron chi connectivity index (χ3n) is 2.13. The van der Waals surface area contributed by atoms with Gasteiger partial charge in [-0.1, -0.05) is 18.7 Å². The van der Waals surface area contributed by atoms with Gasteiger partial charge in [-0.3, -0.25) is 0 Å². The molecule has 0 radical (unpaired) electrons. The summed E-state index contributed by atoms with van der Waals surface area (Å²) in [6, 6.07) is 4.98. The highest BCUT2D eigenvalue weighted by molar-refractivity contribution is 7.89. The molecule has 1 aliphatic heterocycles. The van der Waals surface area contributed by atoms with Gasteiger partial charge in [0.2, 0.25) is 0 Å². The number of hydrogen-bond acceptors (Lipinski definition) is 4. The third-order valence-corrected chi connectivity index (χ3v) is 3.46. The van der Waals surface area contributed by atoms with Crippen molar-refractivity contribution < 1.29 is 13.2 Å². The summed E-state index contributed by atoms with van der Waals surface area (Å²) >= 11 is 0. The molecular weight excluding hydrogens is 216 g/mol. The molecule has 0 saturated heterocycles. The summed E-state index contributed by atoms with van der Waals surface area (Å²) in [5.41, 5.74) is 3.51. The van der Waals surface area contributed by atoms with Gasteiger partial charge in [0.05, 0.1) is 12.8 Å². The number of hydrazine groups is 1. The zero-order valence-electron chi connectivity index (χ0n) is 8.07. The van der Waals surface area contributed by atoms with E-state index in [1.807, 2.05) is 0 Å². The number of ether oxygens (including phenoxy) is 1. The SMILES string of the molecule is C=C1NNS(=O)(=O)c2c(OC)cccc21. The van der Waals surface area contributed by atoms with Crippen LogP contribution in [-0.2, 0) is 10.0 Å². The number of fused-ring (bicyclic) bond motifs is 1. The van der Waals surface area contributed by atoms with Crippen LogP contribution >= 0.6 is 0 Å². The lowest BCUT2D eigenvalue weighted by Gasteiger charge is -2.22. The van der Waals surface area contributed by atoms with Crippen molar-refractivity contribution in [1.29, 1.82) is 0 Å². The van der Waals surface area contributed by atoms with Gasteiger partial charge in [-0.25, -0.2) is 8.42 Å². The lowest BCUT2D eigenvalue weighted by Crippen LogP contribution is -2.40. The summed E-state index contributed by atoms with van der Waals surface area (Å²) in [5, 5.41) is 0. The second kappa shape index (κ2) is 3.25. The highest BCUT2D eigenvalue weighted by atomic mass is 32.2. The Labute approximate surface area is 87.8 Å². The molecule has 0 spiro atoms. The molecule has 15 heavy (non-hydrogen) atoms. The summed E-state index contributed by atoms with van der Waals surface area (Å²) < 4.78 is 28.4. The molecule has 2 N–H and O–H groups in total. The Bertz CT molecular complexity index is 522. The summed E-state index contributed by atoms with van der Waals surface area (Å²) in [6.07, 6.45) is 0. The van der Waals surface area contributed by atoms with Crippen LogP contribution in [0.4, 0.5) is 0 Å². The average molecular weight is 226 g/mol. The van der Waals surface area contributed by atoms with E-state index in [0.717, 1.165) is 0 Å². The first-order valence-corrected chi connectivity index (χ1v) is 5.68. The van der Waals surface area contributed by atoms with Crippen molar-refractivity contribution >= 4 is 15.7 Å². The lowest BCUT2D eigenvalue weighted by molar-refractivity contribution is 0.401. The van der Waals surface area contributed by atoms with Crippen molar-refractivity contribution in [3.63, 3.8) is 0 Å². The van der Waals surface area contributed by atoms with Gasteiger partial charge < -0.3 is 10.2 Å². The van der Waals surface area contributed by atoms with E-state index in [9.17, 15) is 8.42 Å². The number of hydrogen-bond donors (Lipinski definition) is 2. The second-order valence-electron chi connectivity index (χ2n) is 3.05. The van der Waals surface area contributed by atoms with Gasteiger partial charge in [-0.05, 0) is 6.07 Å². The molecule has 1 aromatic rings. The van der Waals surface area contributed by atoms with Crippen molar-refractivity contribution in [2.45, 2.75) is 4.90 Å². The smallest absolute Gasteiger partial charge is 0.261 e. The fourth-order valence-electron chi connectivity index (χ4n) is 1.44. The first-order chi connectivity index (χ1) is 7.06. The average Bonchev–Trinajstić information content (AvgIpc) is 2.23. The molecule has 0 atom stereocenters. The predicted molar refractivity (Wildman–Crippen MR) is 55.5 cm³/mol. The molecule has 6 heteroatoms. The summed E-state index contributed by atoms with van der Waals surface area (Å²) in [7, 11) is -2.14. The number of benzene rings is 1. The molecule has 0 fully saturated rings. The van der Waals surface area contributed by atoms with Crippen molar-refractivity contribution in [2.75, 3.05) is 7.11 Å². The Morgan fingerprint density at radius 3 is 2.80 bits per heavy atom. The molecule has 0 bridgehead atoms. The molecule has 0 saturated carbocycles. The van der Waals surface area contributed by atoms with Crippen LogP contribution < -0.4 is 15.0 Å². The van der Waals surface area contributed by atoms with Crippen molar-refractivity contribution in [2.24, 2.45) is 0 Å². The fraction of sp³-hybridized carbons (Fsp3) is 0.111. The van der Waals surface area contributed by atoms with E-state index in [4.69, 9.17) is 4.74 Å². The maximum absolute atomic E-state index is 11.7. The van der Waals surface area contributed by atoms with Gasteiger partial charge in [-0.15, -0.1) is 4.83 Å². The highest BCUT2D eigenvalue weighted by Crippen LogP contribution is 2.32. The Kier molecular flexibility index (Phi) is 2.17. The Morgan fingerprint density at radius 2 is 2.13 bits per heavy atom. The molecule has 1 aromatic carbocycles. The molecule has 1 aliphatic rings.